The highest BCUT2D eigenvalue weighted by molar-refractivity contribution is 5.75. The smallest absolute Gasteiger partial charge is 0.372 e. The standard InChI is InChI=1S/C18H23N3O2.C9H8F3NO/c1-4-10-20(11-5-2)15-6-7-18(21(22)23)16(13-15)17-12-14(3)8-9-19-17;10-9(11,12)8-3-1-2-7(4-8)5-13-6-14/h6-9,12-13H,4-5,10-11H2,1-3H3;1-4,6H,5H2,(H,13,14). The van der Waals surface area contributed by atoms with Crippen molar-refractivity contribution in [1.82, 2.24) is 10.3 Å². The van der Waals surface area contributed by atoms with Crippen molar-refractivity contribution in [2.45, 2.75) is 46.3 Å². The SMILES string of the molecule is CCCN(CCC)c1ccc([N+](=O)[O-])c(-c2cc(C)ccn2)c1.O=CNCc1cccc(C(F)(F)F)c1. The molecule has 1 amide bonds. The Morgan fingerprint density at radius 2 is 1.76 bits per heavy atom. The van der Waals surface area contributed by atoms with Gasteiger partial charge in [-0.1, -0.05) is 26.0 Å². The van der Waals surface area contributed by atoms with Crippen LogP contribution in [0.25, 0.3) is 11.3 Å². The molecule has 7 nitrogen and oxygen atoms in total. The zero-order chi connectivity index (χ0) is 27.4. The Bertz CT molecular complexity index is 1180. The van der Waals surface area contributed by atoms with Crippen LogP contribution in [0, 0.1) is 17.0 Å². The van der Waals surface area contributed by atoms with E-state index < -0.39 is 11.7 Å². The molecule has 0 saturated carbocycles. The molecule has 1 aromatic heterocycles. The van der Waals surface area contributed by atoms with Crippen molar-refractivity contribution < 1.29 is 22.9 Å². The summed E-state index contributed by atoms with van der Waals surface area (Å²) in [5.74, 6) is 0. The van der Waals surface area contributed by atoms with E-state index in [1.54, 1.807) is 12.3 Å². The molecular formula is C27H31F3N4O3. The normalized spacial score (nSPS) is 10.8. The van der Waals surface area contributed by atoms with E-state index in [-0.39, 0.29) is 17.2 Å². The summed E-state index contributed by atoms with van der Waals surface area (Å²) in [6, 6.07) is 13.9. The van der Waals surface area contributed by atoms with E-state index in [1.807, 2.05) is 31.2 Å². The maximum absolute atomic E-state index is 12.2. The fraction of sp³-hybridized carbons (Fsp3) is 0.333. The van der Waals surface area contributed by atoms with E-state index >= 15 is 0 Å². The Kier molecular flexibility index (Phi) is 11.0. The predicted octanol–water partition coefficient (Wildman–Crippen LogP) is 6.54. The van der Waals surface area contributed by atoms with E-state index in [2.05, 4.69) is 29.0 Å². The van der Waals surface area contributed by atoms with Crippen LogP contribution in [-0.2, 0) is 17.5 Å². The molecule has 10 heteroatoms. The number of amides is 1. The molecule has 0 saturated heterocycles. The van der Waals surface area contributed by atoms with E-state index in [0.717, 1.165) is 49.3 Å². The van der Waals surface area contributed by atoms with Gasteiger partial charge in [0, 0.05) is 37.6 Å². The highest BCUT2D eigenvalue weighted by Gasteiger charge is 2.30. The third-order valence-corrected chi connectivity index (χ3v) is 5.36. The fourth-order valence-electron chi connectivity index (χ4n) is 3.70. The lowest BCUT2D eigenvalue weighted by Gasteiger charge is -2.24. The second-order valence-corrected chi connectivity index (χ2v) is 8.36. The quantitative estimate of drug-likeness (QED) is 0.188. The number of benzene rings is 2. The summed E-state index contributed by atoms with van der Waals surface area (Å²) in [6.07, 6.45) is -0.127. The minimum atomic E-state index is -4.34. The van der Waals surface area contributed by atoms with Crippen molar-refractivity contribution in [2.24, 2.45) is 0 Å². The highest BCUT2D eigenvalue weighted by Crippen LogP contribution is 2.33. The summed E-state index contributed by atoms with van der Waals surface area (Å²) in [7, 11) is 0. The highest BCUT2D eigenvalue weighted by atomic mass is 19.4. The topological polar surface area (TPSA) is 88.4 Å². The number of nitrogens with one attached hydrogen (secondary N) is 1. The first-order chi connectivity index (χ1) is 17.6. The minimum Gasteiger partial charge on any atom is -0.372 e. The number of halogens is 3. The molecule has 0 spiro atoms. The van der Waals surface area contributed by atoms with Gasteiger partial charge in [0.2, 0.25) is 6.41 Å². The number of hydrogen-bond donors (Lipinski definition) is 1. The summed E-state index contributed by atoms with van der Waals surface area (Å²) in [5.41, 5.74) is 3.08. The number of pyridine rings is 1. The molecule has 3 aromatic rings. The number of alkyl halides is 3. The van der Waals surface area contributed by atoms with Crippen LogP contribution in [0.3, 0.4) is 0 Å². The second kappa shape index (κ2) is 14.0. The summed E-state index contributed by atoms with van der Waals surface area (Å²) < 4.78 is 36.6. The number of carbonyl (C=O) groups excluding carboxylic acids is 1. The molecule has 2 aromatic carbocycles. The summed E-state index contributed by atoms with van der Waals surface area (Å²) in [5, 5.41) is 13.7. The third-order valence-electron chi connectivity index (χ3n) is 5.36. The Labute approximate surface area is 214 Å². The third kappa shape index (κ3) is 8.89. The number of carbonyl (C=O) groups is 1. The number of hydrogen-bond acceptors (Lipinski definition) is 5. The zero-order valence-corrected chi connectivity index (χ0v) is 21.1. The van der Waals surface area contributed by atoms with Gasteiger partial charge in [-0.05, 0) is 67.3 Å². The first-order valence-corrected chi connectivity index (χ1v) is 11.9. The Hall–Kier alpha value is -3.95. The Balaban J connectivity index is 0.000000294. The number of rotatable bonds is 10. The number of aryl methyl sites for hydroxylation is 1. The largest absolute Gasteiger partial charge is 0.416 e. The molecule has 1 N–H and O–H groups in total. The van der Waals surface area contributed by atoms with E-state index in [4.69, 9.17) is 0 Å². The van der Waals surface area contributed by atoms with E-state index in [1.165, 1.54) is 12.1 Å². The lowest BCUT2D eigenvalue weighted by atomic mass is 10.1. The van der Waals surface area contributed by atoms with Crippen molar-refractivity contribution in [1.29, 1.82) is 0 Å². The molecule has 0 aliphatic rings. The van der Waals surface area contributed by atoms with Gasteiger partial charge in [0.1, 0.15) is 0 Å². The van der Waals surface area contributed by atoms with Crippen LogP contribution in [0.1, 0.15) is 43.4 Å². The Morgan fingerprint density at radius 1 is 1.05 bits per heavy atom. The minimum absolute atomic E-state index is 0.0970. The molecule has 0 fully saturated rings. The van der Waals surface area contributed by atoms with E-state index in [9.17, 15) is 28.1 Å². The lowest BCUT2D eigenvalue weighted by molar-refractivity contribution is -0.384. The summed E-state index contributed by atoms with van der Waals surface area (Å²) >= 11 is 0. The average Bonchev–Trinajstić information content (AvgIpc) is 2.87. The number of aromatic nitrogens is 1. The molecule has 0 bridgehead atoms. The van der Waals surface area contributed by atoms with Crippen LogP contribution in [-0.4, -0.2) is 29.4 Å². The first kappa shape index (κ1) is 29.3. The molecule has 0 radical (unpaired) electrons. The fourth-order valence-corrected chi connectivity index (χ4v) is 3.70. The van der Waals surface area contributed by atoms with Gasteiger partial charge in [0.25, 0.3) is 5.69 Å². The lowest BCUT2D eigenvalue weighted by Crippen LogP contribution is -2.24. The van der Waals surface area contributed by atoms with Gasteiger partial charge >= 0.3 is 6.18 Å². The molecule has 0 atom stereocenters. The second-order valence-electron chi connectivity index (χ2n) is 8.36. The molecule has 3 rings (SSSR count). The molecular weight excluding hydrogens is 485 g/mol. The molecule has 1 heterocycles. The van der Waals surface area contributed by atoms with Gasteiger partial charge in [-0.25, -0.2) is 0 Å². The van der Waals surface area contributed by atoms with Gasteiger partial charge in [-0.3, -0.25) is 19.9 Å². The van der Waals surface area contributed by atoms with Crippen LogP contribution in [0.2, 0.25) is 0 Å². The maximum Gasteiger partial charge on any atom is 0.416 e. The van der Waals surface area contributed by atoms with Crippen LogP contribution in [0.5, 0.6) is 0 Å². The molecule has 0 aliphatic heterocycles. The van der Waals surface area contributed by atoms with Gasteiger partial charge in [0.15, 0.2) is 0 Å². The molecule has 0 unspecified atom stereocenters. The van der Waals surface area contributed by atoms with Gasteiger partial charge in [-0.15, -0.1) is 0 Å². The van der Waals surface area contributed by atoms with Crippen molar-refractivity contribution in [3.8, 4) is 11.3 Å². The van der Waals surface area contributed by atoms with Gasteiger partial charge in [-0.2, -0.15) is 13.2 Å². The van der Waals surface area contributed by atoms with Crippen LogP contribution in [0.15, 0.2) is 60.8 Å². The summed E-state index contributed by atoms with van der Waals surface area (Å²) in [6.45, 7) is 8.21. The van der Waals surface area contributed by atoms with Crippen molar-refractivity contribution in [3.05, 3.63) is 87.6 Å². The van der Waals surface area contributed by atoms with Crippen LogP contribution in [0.4, 0.5) is 24.5 Å². The van der Waals surface area contributed by atoms with Crippen molar-refractivity contribution in [2.75, 3.05) is 18.0 Å². The number of nitro benzene ring substituents is 1. The van der Waals surface area contributed by atoms with Gasteiger partial charge < -0.3 is 10.2 Å². The van der Waals surface area contributed by atoms with Crippen molar-refractivity contribution >= 4 is 17.8 Å². The van der Waals surface area contributed by atoms with Crippen LogP contribution < -0.4 is 10.2 Å². The average molecular weight is 517 g/mol. The Morgan fingerprint density at radius 3 is 2.32 bits per heavy atom. The molecule has 0 aliphatic carbocycles. The van der Waals surface area contributed by atoms with Gasteiger partial charge in [0.05, 0.1) is 21.7 Å². The van der Waals surface area contributed by atoms with E-state index in [0.29, 0.717) is 23.2 Å². The monoisotopic (exact) mass is 516 g/mol. The predicted molar refractivity (Wildman–Crippen MR) is 138 cm³/mol. The number of nitro groups is 1. The van der Waals surface area contributed by atoms with Crippen LogP contribution >= 0.6 is 0 Å². The number of nitrogens with zero attached hydrogens (tertiary/aromatic N) is 3. The maximum atomic E-state index is 12.2. The van der Waals surface area contributed by atoms with Crippen molar-refractivity contribution in [3.63, 3.8) is 0 Å². The molecule has 198 valence electrons. The zero-order valence-electron chi connectivity index (χ0n) is 21.1. The molecule has 37 heavy (non-hydrogen) atoms. The first-order valence-electron chi connectivity index (χ1n) is 11.9. The number of anilines is 1. The summed E-state index contributed by atoms with van der Waals surface area (Å²) in [4.78, 5) is 27.6.